The predicted octanol–water partition coefficient (Wildman–Crippen LogP) is 3.60. The smallest absolute Gasteiger partial charge is 0.453 e. The van der Waals surface area contributed by atoms with Crippen LogP contribution < -0.4 is 0 Å². The van der Waals surface area contributed by atoms with Crippen LogP contribution in [0.4, 0.5) is 35.1 Å². The Morgan fingerprint density at radius 2 is 1.43 bits per heavy atom. The highest BCUT2D eigenvalue weighted by atomic mass is 32.2. The molecule has 0 saturated heterocycles. The van der Waals surface area contributed by atoms with Crippen molar-refractivity contribution < 1.29 is 48.9 Å². The van der Waals surface area contributed by atoms with E-state index in [1.54, 1.807) is 0 Å². The minimum atomic E-state index is -5.89. The molecule has 0 aromatic heterocycles. The van der Waals surface area contributed by atoms with Crippen molar-refractivity contribution in [1.82, 2.24) is 0 Å². The monoisotopic (exact) mass is 378 g/mol. The zero-order chi connectivity index (χ0) is 18.7. The second kappa shape index (κ2) is 7.31. The summed E-state index contributed by atoms with van der Waals surface area (Å²) < 4.78 is 112. The first-order valence-electron chi connectivity index (χ1n) is 6.05. The first-order chi connectivity index (χ1) is 10.1. The maximum atomic E-state index is 12.9. The molecule has 3 nitrogen and oxygen atoms in total. The van der Waals surface area contributed by atoms with Gasteiger partial charge >= 0.3 is 24.2 Å². The van der Waals surface area contributed by atoms with Gasteiger partial charge in [0.2, 0.25) is 0 Å². The van der Waals surface area contributed by atoms with E-state index in [2.05, 4.69) is 4.74 Å². The summed E-state index contributed by atoms with van der Waals surface area (Å²) in [7, 11) is -1.90. The number of ether oxygens (including phenoxy) is 1. The molecule has 0 amide bonds. The van der Waals surface area contributed by atoms with E-state index in [1.807, 2.05) is 0 Å². The van der Waals surface area contributed by atoms with Gasteiger partial charge in [-0.2, -0.15) is 35.1 Å². The zero-order valence-corrected chi connectivity index (χ0v) is 12.8. The van der Waals surface area contributed by atoms with Gasteiger partial charge in [-0.15, -0.1) is 0 Å². The Bertz CT molecular complexity index is 446. The summed E-state index contributed by atoms with van der Waals surface area (Å²) in [6.07, 6.45) is -15.3. The highest BCUT2D eigenvalue weighted by Gasteiger charge is 2.58. The van der Waals surface area contributed by atoms with Crippen molar-refractivity contribution in [2.24, 2.45) is 0 Å². The molecule has 0 heterocycles. The highest BCUT2D eigenvalue weighted by Crippen LogP contribution is 2.41. The van der Waals surface area contributed by atoms with Gasteiger partial charge in [-0.1, -0.05) is 0 Å². The molecule has 0 bridgehead atoms. The summed E-state index contributed by atoms with van der Waals surface area (Å²) in [5, 5.41) is 0. The molecule has 23 heavy (non-hydrogen) atoms. The van der Waals surface area contributed by atoms with E-state index in [4.69, 9.17) is 0 Å². The van der Waals surface area contributed by atoms with E-state index < -0.39 is 64.8 Å². The number of rotatable bonds is 7. The van der Waals surface area contributed by atoms with Crippen LogP contribution in [0.25, 0.3) is 0 Å². The SMILES string of the molecule is COC(=O)C(C)(CCC(F)(F)C(F)(F)F)S(=O)CCC(F)(F)F. The van der Waals surface area contributed by atoms with E-state index in [0.717, 1.165) is 14.0 Å². The normalized spacial score (nSPS) is 17.5. The number of methoxy groups -OCH3 is 1. The summed E-state index contributed by atoms with van der Waals surface area (Å²) in [5.41, 5.74) is 0. The lowest BCUT2D eigenvalue weighted by Crippen LogP contribution is -2.45. The van der Waals surface area contributed by atoms with Gasteiger partial charge in [0.05, 0.1) is 13.5 Å². The van der Waals surface area contributed by atoms with E-state index in [1.165, 1.54) is 0 Å². The first kappa shape index (κ1) is 22.1. The highest BCUT2D eigenvalue weighted by molar-refractivity contribution is 7.87. The fourth-order valence-corrected chi connectivity index (χ4v) is 2.96. The van der Waals surface area contributed by atoms with Crippen LogP contribution in [-0.4, -0.2) is 46.1 Å². The van der Waals surface area contributed by atoms with E-state index in [0.29, 0.717) is 0 Å². The molecule has 0 saturated carbocycles. The molecule has 0 aliphatic heterocycles. The number of carbonyl (C=O) groups excluding carboxylic acids is 1. The van der Waals surface area contributed by atoms with Crippen LogP contribution in [0.15, 0.2) is 0 Å². The standard InChI is InChI=1S/C11H14F8O3S/c1-8(7(20)22-2,23(21)6-5-10(14,15)16)3-4-9(12,13)11(17,18)19/h3-6H2,1-2H3. The van der Waals surface area contributed by atoms with Crippen molar-refractivity contribution in [2.45, 2.75) is 49.2 Å². The van der Waals surface area contributed by atoms with Gasteiger partial charge in [0.1, 0.15) is 4.75 Å². The number of halogens is 8. The second-order valence-electron chi connectivity index (χ2n) is 4.84. The third kappa shape index (κ3) is 6.22. The van der Waals surface area contributed by atoms with E-state index >= 15 is 0 Å². The van der Waals surface area contributed by atoms with Crippen molar-refractivity contribution in [1.29, 1.82) is 0 Å². The van der Waals surface area contributed by atoms with Crippen molar-refractivity contribution in [3.8, 4) is 0 Å². The predicted molar refractivity (Wildman–Crippen MR) is 64.3 cm³/mol. The lowest BCUT2D eigenvalue weighted by molar-refractivity contribution is -0.284. The van der Waals surface area contributed by atoms with Gasteiger partial charge in [0, 0.05) is 23.0 Å². The Kier molecular flexibility index (Phi) is 7.01. The molecule has 0 aliphatic carbocycles. The maximum Gasteiger partial charge on any atom is 0.453 e. The Morgan fingerprint density at radius 3 is 1.78 bits per heavy atom. The van der Waals surface area contributed by atoms with Crippen LogP contribution in [0.5, 0.6) is 0 Å². The van der Waals surface area contributed by atoms with Gasteiger partial charge in [-0.05, 0) is 13.3 Å². The maximum absolute atomic E-state index is 12.9. The van der Waals surface area contributed by atoms with Gasteiger partial charge in [-0.25, -0.2) is 0 Å². The first-order valence-corrected chi connectivity index (χ1v) is 7.37. The van der Waals surface area contributed by atoms with Crippen LogP contribution in [0.3, 0.4) is 0 Å². The van der Waals surface area contributed by atoms with Gasteiger partial charge in [0.25, 0.3) is 0 Å². The minimum Gasteiger partial charge on any atom is -0.468 e. The van der Waals surface area contributed by atoms with Crippen LogP contribution >= 0.6 is 0 Å². The molecule has 0 spiro atoms. The average Bonchev–Trinajstić information content (AvgIpc) is 2.39. The number of alkyl halides is 8. The number of hydrogen-bond donors (Lipinski definition) is 0. The topological polar surface area (TPSA) is 43.4 Å². The second-order valence-corrected chi connectivity index (χ2v) is 6.84. The Labute approximate surface area is 128 Å². The summed E-state index contributed by atoms with van der Waals surface area (Å²) in [6.45, 7) is 0.734. The van der Waals surface area contributed by atoms with Crippen molar-refractivity contribution in [3.63, 3.8) is 0 Å². The molecule has 0 aromatic carbocycles. The molecule has 0 rings (SSSR count). The minimum absolute atomic E-state index is 0.734. The van der Waals surface area contributed by atoms with Crippen molar-refractivity contribution in [2.75, 3.05) is 12.9 Å². The molecular weight excluding hydrogens is 364 g/mol. The fourth-order valence-electron chi connectivity index (χ4n) is 1.50. The van der Waals surface area contributed by atoms with Gasteiger partial charge in [0.15, 0.2) is 0 Å². The Balaban J connectivity index is 5.21. The van der Waals surface area contributed by atoms with Crippen molar-refractivity contribution >= 4 is 16.8 Å². The molecule has 2 unspecified atom stereocenters. The Morgan fingerprint density at radius 1 is 0.957 bits per heavy atom. The van der Waals surface area contributed by atoms with Crippen LogP contribution in [0, 0.1) is 0 Å². The molecule has 0 aliphatic rings. The lowest BCUT2D eigenvalue weighted by atomic mass is 10.0. The summed E-state index contributed by atoms with van der Waals surface area (Å²) in [5.74, 6) is -7.71. The molecule has 2 atom stereocenters. The number of carbonyl (C=O) groups is 1. The zero-order valence-electron chi connectivity index (χ0n) is 12.0. The molecule has 138 valence electrons. The molecular formula is C11H14F8O3S. The average molecular weight is 378 g/mol. The number of esters is 1. The van der Waals surface area contributed by atoms with Gasteiger partial charge < -0.3 is 4.74 Å². The van der Waals surface area contributed by atoms with Crippen LogP contribution in [0.1, 0.15) is 26.2 Å². The van der Waals surface area contributed by atoms with Crippen LogP contribution in [-0.2, 0) is 20.3 Å². The van der Waals surface area contributed by atoms with E-state index in [-0.39, 0.29) is 0 Å². The molecule has 0 aromatic rings. The van der Waals surface area contributed by atoms with Gasteiger partial charge in [-0.3, -0.25) is 9.00 Å². The van der Waals surface area contributed by atoms with E-state index in [9.17, 15) is 44.1 Å². The summed E-state index contributed by atoms with van der Waals surface area (Å²) >= 11 is 0. The molecule has 12 heteroatoms. The number of hydrogen-bond acceptors (Lipinski definition) is 3. The van der Waals surface area contributed by atoms with Crippen molar-refractivity contribution in [3.05, 3.63) is 0 Å². The fraction of sp³-hybridized carbons (Fsp3) is 0.909. The largest absolute Gasteiger partial charge is 0.468 e. The lowest BCUT2D eigenvalue weighted by Gasteiger charge is -2.28. The quantitative estimate of drug-likeness (QED) is 0.502. The third-order valence-corrected chi connectivity index (χ3v) is 4.97. The Hall–Kier alpha value is -0.940. The summed E-state index contributed by atoms with van der Waals surface area (Å²) in [4.78, 5) is 11.5. The van der Waals surface area contributed by atoms with Crippen LogP contribution in [0.2, 0.25) is 0 Å². The third-order valence-electron chi connectivity index (χ3n) is 3.02. The molecule has 0 fully saturated rings. The molecule has 0 radical (unpaired) electrons. The molecule has 0 N–H and O–H groups in total. The summed E-state index contributed by atoms with van der Waals surface area (Å²) in [6, 6.07) is 0.